The van der Waals surface area contributed by atoms with Gasteiger partial charge >= 0.3 is 0 Å². The number of rotatable bonds is 8. The second-order valence-corrected chi connectivity index (χ2v) is 5.90. The number of carbonyl (C=O) groups excluding carboxylic acids is 2. The molecule has 0 fully saturated rings. The number of ether oxygens (including phenoxy) is 1. The lowest BCUT2D eigenvalue weighted by Gasteiger charge is -2.21. The third-order valence-electron chi connectivity index (χ3n) is 3.25. The molecule has 7 heteroatoms. The van der Waals surface area contributed by atoms with Crippen LogP contribution in [0.3, 0.4) is 0 Å². The van der Waals surface area contributed by atoms with E-state index in [-0.39, 0.29) is 18.4 Å². The number of halogens is 1. The van der Waals surface area contributed by atoms with Gasteiger partial charge in [0, 0.05) is 19.2 Å². The van der Waals surface area contributed by atoms with Crippen molar-refractivity contribution in [2.75, 3.05) is 46.2 Å². The van der Waals surface area contributed by atoms with E-state index in [1.807, 2.05) is 19.0 Å². The predicted molar refractivity (Wildman–Crippen MR) is 92.1 cm³/mol. The van der Waals surface area contributed by atoms with E-state index in [9.17, 15) is 9.59 Å². The molecule has 0 spiro atoms. The highest BCUT2D eigenvalue weighted by molar-refractivity contribution is 6.32. The SMILES string of the molecule is COc1ccc(NC(=O)CN(CCCN(C)C)C(C)=O)cc1Cl. The fraction of sp³-hybridized carbons (Fsp3) is 0.500. The molecular formula is C16H24ClN3O3. The first-order valence-electron chi connectivity index (χ1n) is 7.37. The van der Waals surface area contributed by atoms with Gasteiger partial charge in [-0.25, -0.2) is 0 Å². The van der Waals surface area contributed by atoms with Gasteiger partial charge in [0.1, 0.15) is 5.75 Å². The van der Waals surface area contributed by atoms with Gasteiger partial charge < -0.3 is 19.9 Å². The lowest BCUT2D eigenvalue weighted by atomic mass is 10.3. The minimum absolute atomic E-state index is 0.0202. The Hall–Kier alpha value is -1.79. The molecule has 0 saturated carbocycles. The molecule has 1 aromatic rings. The first-order valence-corrected chi connectivity index (χ1v) is 7.75. The molecule has 6 nitrogen and oxygen atoms in total. The highest BCUT2D eigenvalue weighted by atomic mass is 35.5. The van der Waals surface area contributed by atoms with Crippen LogP contribution in [0.1, 0.15) is 13.3 Å². The summed E-state index contributed by atoms with van der Waals surface area (Å²) in [7, 11) is 5.47. The van der Waals surface area contributed by atoms with Gasteiger partial charge in [-0.3, -0.25) is 9.59 Å². The zero-order chi connectivity index (χ0) is 17.4. The highest BCUT2D eigenvalue weighted by Gasteiger charge is 2.14. The highest BCUT2D eigenvalue weighted by Crippen LogP contribution is 2.27. The molecule has 2 amide bonds. The van der Waals surface area contributed by atoms with Crippen molar-refractivity contribution in [2.45, 2.75) is 13.3 Å². The normalized spacial score (nSPS) is 10.5. The quantitative estimate of drug-likeness (QED) is 0.786. The Bertz CT molecular complexity index is 549. The Balaban J connectivity index is 2.58. The second kappa shape index (κ2) is 9.37. The number of nitrogens with one attached hydrogen (secondary N) is 1. The maximum Gasteiger partial charge on any atom is 0.243 e. The van der Waals surface area contributed by atoms with E-state index >= 15 is 0 Å². The Morgan fingerprint density at radius 2 is 1.96 bits per heavy atom. The molecular weight excluding hydrogens is 318 g/mol. The van der Waals surface area contributed by atoms with Gasteiger partial charge in [-0.1, -0.05) is 11.6 Å². The number of hydrogen-bond donors (Lipinski definition) is 1. The second-order valence-electron chi connectivity index (χ2n) is 5.49. The maximum atomic E-state index is 12.1. The molecule has 1 aromatic carbocycles. The topological polar surface area (TPSA) is 61.9 Å². The maximum absolute atomic E-state index is 12.1. The molecule has 0 aromatic heterocycles. The van der Waals surface area contributed by atoms with Gasteiger partial charge in [0.15, 0.2) is 0 Å². The zero-order valence-corrected chi connectivity index (χ0v) is 14.8. The summed E-state index contributed by atoms with van der Waals surface area (Å²) in [6.07, 6.45) is 0.814. The van der Waals surface area contributed by atoms with Crippen molar-refractivity contribution in [3.63, 3.8) is 0 Å². The van der Waals surface area contributed by atoms with Crippen LogP contribution in [0.25, 0.3) is 0 Å². The van der Waals surface area contributed by atoms with Crippen LogP contribution in [0.5, 0.6) is 5.75 Å². The summed E-state index contributed by atoms with van der Waals surface area (Å²) in [4.78, 5) is 27.3. The third kappa shape index (κ3) is 6.88. The molecule has 0 atom stereocenters. The van der Waals surface area contributed by atoms with Crippen LogP contribution in [0.15, 0.2) is 18.2 Å². The standard InChI is InChI=1S/C16H24ClN3O3/c1-12(21)20(9-5-8-19(2)3)11-16(22)18-13-6-7-15(23-4)14(17)10-13/h6-7,10H,5,8-9,11H2,1-4H3,(H,18,22). The Labute approximate surface area is 142 Å². The Kier molecular flexibility index (Phi) is 7.85. The summed E-state index contributed by atoms with van der Waals surface area (Å²) in [5, 5.41) is 3.15. The Morgan fingerprint density at radius 1 is 1.26 bits per heavy atom. The summed E-state index contributed by atoms with van der Waals surface area (Å²) in [6, 6.07) is 4.99. The van der Waals surface area contributed by atoms with Crippen LogP contribution in [-0.4, -0.2) is 62.5 Å². The number of nitrogens with zero attached hydrogens (tertiary/aromatic N) is 2. The van der Waals surface area contributed by atoms with Crippen molar-refractivity contribution in [1.82, 2.24) is 9.80 Å². The van der Waals surface area contributed by atoms with Crippen molar-refractivity contribution in [3.05, 3.63) is 23.2 Å². The molecule has 1 N–H and O–H groups in total. The fourth-order valence-electron chi connectivity index (χ4n) is 2.04. The molecule has 0 aliphatic carbocycles. The summed E-state index contributed by atoms with van der Waals surface area (Å²) in [5.74, 6) is 0.164. The van der Waals surface area contributed by atoms with Gasteiger partial charge in [0.25, 0.3) is 0 Å². The number of hydrogen-bond acceptors (Lipinski definition) is 4. The summed E-state index contributed by atoms with van der Waals surface area (Å²) < 4.78 is 5.06. The minimum Gasteiger partial charge on any atom is -0.495 e. The molecule has 128 valence electrons. The van der Waals surface area contributed by atoms with Crippen LogP contribution < -0.4 is 10.1 Å². The molecule has 0 radical (unpaired) electrons. The van der Waals surface area contributed by atoms with E-state index in [0.717, 1.165) is 13.0 Å². The van der Waals surface area contributed by atoms with Crippen LogP contribution >= 0.6 is 11.6 Å². The van der Waals surface area contributed by atoms with Crippen LogP contribution in [0.2, 0.25) is 5.02 Å². The number of carbonyl (C=O) groups is 2. The average Bonchev–Trinajstić information content (AvgIpc) is 2.45. The number of amides is 2. The molecule has 0 bridgehead atoms. The third-order valence-corrected chi connectivity index (χ3v) is 3.54. The van der Waals surface area contributed by atoms with E-state index in [1.54, 1.807) is 18.2 Å². The molecule has 0 unspecified atom stereocenters. The van der Waals surface area contributed by atoms with Crippen LogP contribution in [0.4, 0.5) is 5.69 Å². The van der Waals surface area contributed by atoms with E-state index < -0.39 is 0 Å². The molecule has 0 saturated heterocycles. The lowest BCUT2D eigenvalue weighted by Crippen LogP contribution is -2.38. The first kappa shape index (κ1) is 19.3. The van der Waals surface area contributed by atoms with Crippen molar-refractivity contribution in [2.24, 2.45) is 0 Å². The fourth-order valence-corrected chi connectivity index (χ4v) is 2.30. The monoisotopic (exact) mass is 341 g/mol. The Morgan fingerprint density at radius 3 is 2.48 bits per heavy atom. The molecule has 0 aliphatic heterocycles. The van der Waals surface area contributed by atoms with Gasteiger partial charge in [0.05, 0.1) is 18.7 Å². The van der Waals surface area contributed by atoms with Crippen LogP contribution in [0, 0.1) is 0 Å². The largest absolute Gasteiger partial charge is 0.495 e. The molecule has 23 heavy (non-hydrogen) atoms. The number of benzene rings is 1. The van der Waals surface area contributed by atoms with Gasteiger partial charge in [-0.2, -0.15) is 0 Å². The molecule has 0 heterocycles. The minimum atomic E-state index is -0.258. The van der Waals surface area contributed by atoms with Crippen molar-refractivity contribution < 1.29 is 14.3 Å². The average molecular weight is 342 g/mol. The van der Waals surface area contributed by atoms with E-state index in [1.165, 1.54) is 18.9 Å². The van der Waals surface area contributed by atoms with Crippen LogP contribution in [-0.2, 0) is 9.59 Å². The van der Waals surface area contributed by atoms with Crippen molar-refractivity contribution >= 4 is 29.1 Å². The molecule has 0 aliphatic rings. The van der Waals surface area contributed by atoms with E-state index in [2.05, 4.69) is 5.32 Å². The summed E-state index contributed by atoms with van der Waals surface area (Å²) >= 11 is 6.02. The number of methoxy groups -OCH3 is 1. The van der Waals surface area contributed by atoms with Gasteiger partial charge in [0.2, 0.25) is 11.8 Å². The van der Waals surface area contributed by atoms with Gasteiger partial charge in [-0.15, -0.1) is 0 Å². The zero-order valence-electron chi connectivity index (χ0n) is 14.1. The summed E-state index contributed by atoms with van der Waals surface area (Å²) in [6.45, 7) is 2.89. The summed E-state index contributed by atoms with van der Waals surface area (Å²) in [5.41, 5.74) is 0.567. The van der Waals surface area contributed by atoms with Crippen molar-refractivity contribution in [3.8, 4) is 5.75 Å². The first-order chi connectivity index (χ1) is 10.8. The van der Waals surface area contributed by atoms with E-state index in [4.69, 9.17) is 16.3 Å². The smallest absolute Gasteiger partial charge is 0.243 e. The predicted octanol–water partition coefficient (Wildman–Crippen LogP) is 2.09. The van der Waals surface area contributed by atoms with Gasteiger partial charge in [-0.05, 0) is 45.3 Å². The number of anilines is 1. The van der Waals surface area contributed by atoms with E-state index in [0.29, 0.717) is 23.0 Å². The lowest BCUT2D eigenvalue weighted by molar-refractivity contribution is -0.132. The van der Waals surface area contributed by atoms with Crippen molar-refractivity contribution in [1.29, 1.82) is 0 Å². The molecule has 1 rings (SSSR count).